The molecule has 0 bridgehead atoms. The molecule has 0 atom stereocenters. The second-order valence-electron chi connectivity index (χ2n) is 5.50. The van der Waals surface area contributed by atoms with Crippen molar-refractivity contribution in [3.05, 3.63) is 54.0 Å². The third-order valence-corrected chi connectivity index (χ3v) is 3.65. The number of anilines is 2. The fourth-order valence-corrected chi connectivity index (χ4v) is 2.40. The number of hydrogen-bond acceptors (Lipinski definition) is 6. The van der Waals surface area contributed by atoms with E-state index in [1.807, 2.05) is 0 Å². The lowest BCUT2D eigenvalue weighted by Crippen LogP contribution is -2.08. The minimum atomic E-state index is -1.34. The molecule has 8 nitrogen and oxygen atoms in total. The Morgan fingerprint density at radius 2 is 2.04 bits per heavy atom. The van der Waals surface area contributed by atoms with E-state index in [-0.39, 0.29) is 22.6 Å². The zero-order valence-electron chi connectivity index (χ0n) is 14.2. The van der Waals surface area contributed by atoms with Crippen molar-refractivity contribution in [2.45, 2.75) is 6.54 Å². The van der Waals surface area contributed by atoms with Crippen molar-refractivity contribution in [1.29, 1.82) is 0 Å². The summed E-state index contributed by atoms with van der Waals surface area (Å²) in [6.07, 6.45) is 3.11. The molecule has 10 heteroatoms. The van der Waals surface area contributed by atoms with Gasteiger partial charge in [-0.25, -0.2) is 13.6 Å². The molecule has 0 amide bonds. The van der Waals surface area contributed by atoms with Gasteiger partial charge in [-0.2, -0.15) is 5.10 Å². The first kappa shape index (κ1) is 18.4. The van der Waals surface area contributed by atoms with Gasteiger partial charge in [-0.05, 0) is 18.2 Å². The Kier molecular flexibility index (Phi) is 5.36. The standard InChI is InChI=1S/C17H15F2N5O3/c1-27-6-5-24-9-10(8-20-24)21-14-7-13(22-23-16(14)17(25)26)15-11(18)3-2-4-12(15)19/h2-4,7-9H,5-6H2,1H3,(H,21,22)(H,25,26). The smallest absolute Gasteiger partial charge is 0.358 e. The number of hydrogen-bond donors (Lipinski definition) is 2. The normalized spacial score (nSPS) is 10.8. The molecule has 0 saturated heterocycles. The second kappa shape index (κ2) is 7.87. The summed E-state index contributed by atoms with van der Waals surface area (Å²) in [7, 11) is 1.56. The molecule has 0 aliphatic rings. The first-order valence-corrected chi connectivity index (χ1v) is 7.83. The number of nitrogens with zero attached hydrogens (tertiary/aromatic N) is 4. The summed E-state index contributed by atoms with van der Waals surface area (Å²) in [5.74, 6) is -2.99. The molecule has 0 saturated carbocycles. The van der Waals surface area contributed by atoms with Crippen molar-refractivity contribution in [2.24, 2.45) is 0 Å². The van der Waals surface area contributed by atoms with Gasteiger partial charge >= 0.3 is 5.97 Å². The van der Waals surface area contributed by atoms with Crippen LogP contribution < -0.4 is 5.32 Å². The molecule has 0 radical (unpaired) electrons. The fraction of sp³-hybridized carbons (Fsp3) is 0.176. The number of aromatic carboxylic acids is 1. The molecule has 1 aromatic carbocycles. The van der Waals surface area contributed by atoms with Gasteiger partial charge in [-0.15, -0.1) is 10.2 Å². The van der Waals surface area contributed by atoms with E-state index in [4.69, 9.17) is 4.74 Å². The van der Waals surface area contributed by atoms with Gasteiger partial charge in [0.15, 0.2) is 5.69 Å². The number of ether oxygens (including phenoxy) is 1. The predicted molar refractivity (Wildman–Crippen MR) is 91.7 cm³/mol. The van der Waals surface area contributed by atoms with Crippen LogP contribution in [0.2, 0.25) is 0 Å². The van der Waals surface area contributed by atoms with Crippen LogP contribution in [0.25, 0.3) is 11.3 Å². The second-order valence-corrected chi connectivity index (χ2v) is 5.50. The molecule has 0 spiro atoms. The van der Waals surface area contributed by atoms with Crippen LogP contribution in [0.5, 0.6) is 0 Å². The van der Waals surface area contributed by atoms with Crippen molar-refractivity contribution in [3.63, 3.8) is 0 Å². The van der Waals surface area contributed by atoms with E-state index in [0.717, 1.165) is 12.1 Å². The summed E-state index contributed by atoms with van der Waals surface area (Å²) >= 11 is 0. The van der Waals surface area contributed by atoms with Gasteiger partial charge in [0.1, 0.15) is 17.3 Å². The van der Waals surface area contributed by atoms with Gasteiger partial charge in [0.25, 0.3) is 0 Å². The van der Waals surface area contributed by atoms with Gasteiger partial charge in [-0.3, -0.25) is 4.68 Å². The highest BCUT2D eigenvalue weighted by atomic mass is 19.1. The van der Waals surface area contributed by atoms with E-state index >= 15 is 0 Å². The summed E-state index contributed by atoms with van der Waals surface area (Å²) in [6.45, 7) is 0.958. The zero-order chi connectivity index (χ0) is 19.4. The molecular formula is C17H15F2N5O3. The van der Waals surface area contributed by atoms with E-state index < -0.39 is 17.6 Å². The minimum Gasteiger partial charge on any atom is -0.476 e. The van der Waals surface area contributed by atoms with Crippen molar-refractivity contribution < 1.29 is 23.4 Å². The summed E-state index contributed by atoms with van der Waals surface area (Å²) < 4.78 is 34.6. The third kappa shape index (κ3) is 4.06. The number of nitrogens with one attached hydrogen (secondary N) is 1. The highest BCUT2D eigenvalue weighted by Crippen LogP contribution is 2.28. The molecule has 2 N–H and O–H groups in total. The maximum absolute atomic E-state index is 14.0. The SMILES string of the molecule is COCCn1cc(Nc2cc(-c3c(F)cccc3F)nnc2C(=O)O)cn1. The Hall–Kier alpha value is -3.40. The van der Waals surface area contributed by atoms with Crippen LogP contribution in [0.1, 0.15) is 10.5 Å². The predicted octanol–water partition coefficient (Wildman–Crippen LogP) is 2.71. The van der Waals surface area contributed by atoms with Crippen LogP contribution in [0.3, 0.4) is 0 Å². The Bertz CT molecular complexity index is 957. The molecule has 2 heterocycles. The molecular weight excluding hydrogens is 360 g/mol. The lowest BCUT2D eigenvalue weighted by atomic mass is 10.1. The average molecular weight is 375 g/mol. The Labute approximate surface area is 152 Å². The van der Waals surface area contributed by atoms with Crippen LogP contribution in [0.15, 0.2) is 36.7 Å². The van der Waals surface area contributed by atoms with Gasteiger partial charge in [0.2, 0.25) is 0 Å². The number of rotatable bonds is 7. The van der Waals surface area contributed by atoms with E-state index in [9.17, 15) is 18.7 Å². The molecule has 27 heavy (non-hydrogen) atoms. The summed E-state index contributed by atoms with van der Waals surface area (Å²) in [6, 6.07) is 4.61. The van der Waals surface area contributed by atoms with Gasteiger partial charge < -0.3 is 15.2 Å². The van der Waals surface area contributed by atoms with Crippen LogP contribution in [0.4, 0.5) is 20.2 Å². The maximum Gasteiger partial charge on any atom is 0.358 e. The number of benzene rings is 1. The average Bonchev–Trinajstić information content (AvgIpc) is 3.07. The molecule has 0 unspecified atom stereocenters. The molecule has 3 rings (SSSR count). The van der Waals surface area contributed by atoms with E-state index in [0.29, 0.717) is 18.8 Å². The first-order chi connectivity index (χ1) is 13.0. The number of methoxy groups -OCH3 is 1. The van der Waals surface area contributed by atoms with Crippen LogP contribution in [-0.2, 0) is 11.3 Å². The quantitative estimate of drug-likeness (QED) is 0.654. The summed E-state index contributed by atoms with van der Waals surface area (Å²) in [4.78, 5) is 11.4. The molecule has 0 fully saturated rings. The zero-order valence-corrected chi connectivity index (χ0v) is 14.2. The van der Waals surface area contributed by atoms with E-state index in [1.165, 1.54) is 18.3 Å². The van der Waals surface area contributed by atoms with Crippen LogP contribution >= 0.6 is 0 Å². The van der Waals surface area contributed by atoms with Crippen molar-refractivity contribution >= 4 is 17.3 Å². The number of carbonyl (C=O) groups is 1. The molecule has 3 aromatic rings. The molecule has 140 valence electrons. The van der Waals surface area contributed by atoms with Gasteiger partial charge in [0, 0.05) is 13.3 Å². The fourth-order valence-electron chi connectivity index (χ4n) is 2.40. The molecule has 0 aliphatic heterocycles. The Morgan fingerprint density at radius 3 is 2.70 bits per heavy atom. The third-order valence-electron chi connectivity index (χ3n) is 3.65. The van der Waals surface area contributed by atoms with Gasteiger partial charge in [-0.1, -0.05) is 6.07 Å². The number of aromatic nitrogens is 4. The van der Waals surface area contributed by atoms with Crippen LogP contribution in [-0.4, -0.2) is 44.8 Å². The topological polar surface area (TPSA) is 102 Å². The summed E-state index contributed by atoms with van der Waals surface area (Å²) in [5.41, 5.74) is -0.409. The summed E-state index contributed by atoms with van der Waals surface area (Å²) in [5, 5.41) is 23.5. The molecule has 0 aliphatic carbocycles. The van der Waals surface area contributed by atoms with Crippen molar-refractivity contribution in [2.75, 3.05) is 19.0 Å². The van der Waals surface area contributed by atoms with Crippen molar-refractivity contribution in [3.8, 4) is 11.3 Å². The number of carboxylic acids is 1. The Balaban J connectivity index is 1.98. The van der Waals surface area contributed by atoms with E-state index in [2.05, 4.69) is 20.6 Å². The minimum absolute atomic E-state index is 0.0291. The van der Waals surface area contributed by atoms with Gasteiger partial charge in [0.05, 0.1) is 36.3 Å². The number of halogens is 2. The van der Waals surface area contributed by atoms with Crippen LogP contribution in [0, 0.1) is 11.6 Å². The highest BCUT2D eigenvalue weighted by Gasteiger charge is 2.19. The molecule has 2 aromatic heterocycles. The highest BCUT2D eigenvalue weighted by molar-refractivity contribution is 5.93. The number of carboxylic acid groups (broad SMARTS) is 1. The Morgan fingerprint density at radius 1 is 1.30 bits per heavy atom. The lowest BCUT2D eigenvalue weighted by Gasteiger charge is -2.09. The van der Waals surface area contributed by atoms with E-state index in [1.54, 1.807) is 18.0 Å². The first-order valence-electron chi connectivity index (χ1n) is 7.83. The lowest BCUT2D eigenvalue weighted by molar-refractivity contribution is 0.0690. The maximum atomic E-state index is 14.0. The monoisotopic (exact) mass is 375 g/mol. The van der Waals surface area contributed by atoms with Crippen molar-refractivity contribution in [1.82, 2.24) is 20.0 Å². The largest absolute Gasteiger partial charge is 0.476 e.